The third-order valence-corrected chi connectivity index (χ3v) is 5.77. The predicted octanol–water partition coefficient (Wildman–Crippen LogP) is 4.11. The molecule has 0 radical (unpaired) electrons. The van der Waals surface area contributed by atoms with Crippen LogP contribution in [0, 0.1) is 5.41 Å². The Bertz CT molecular complexity index is 826. The van der Waals surface area contributed by atoms with Gasteiger partial charge in [-0.25, -0.2) is 0 Å². The van der Waals surface area contributed by atoms with Gasteiger partial charge in [-0.3, -0.25) is 9.59 Å². The Hall–Kier alpha value is -2.82. The van der Waals surface area contributed by atoms with E-state index in [2.05, 4.69) is 12.1 Å². The predicted molar refractivity (Wildman–Crippen MR) is 112 cm³/mol. The normalized spacial score (nSPS) is 15.6. The van der Waals surface area contributed by atoms with E-state index >= 15 is 0 Å². The van der Waals surface area contributed by atoms with Crippen LogP contribution in [0.5, 0.6) is 5.75 Å². The number of carbonyl (C=O) groups excluding carboxylic acids is 2. The van der Waals surface area contributed by atoms with Crippen LogP contribution >= 0.6 is 0 Å². The Labute approximate surface area is 172 Å². The fraction of sp³-hybridized carbons (Fsp3) is 0.417. The molecule has 0 bridgehead atoms. The third-order valence-electron chi connectivity index (χ3n) is 5.77. The minimum absolute atomic E-state index is 0.0237. The molecule has 1 amide bonds. The molecule has 0 N–H and O–H groups in total. The van der Waals surface area contributed by atoms with Crippen LogP contribution in [0.1, 0.15) is 42.1 Å². The number of nitrogens with zero attached hydrogens (tertiary/aromatic N) is 1. The number of aryl methyl sites for hydroxylation is 1. The Balaban J connectivity index is 1.69. The molecule has 1 aliphatic rings. The van der Waals surface area contributed by atoms with Crippen LogP contribution in [0.2, 0.25) is 0 Å². The molecule has 0 spiro atoms. The standard InChI is InChI=1S/C24H29NO4/c1-3-29-23(27)24(13-12-19-8-5-4-6-9-19)14-16-25(17-15-24)22(26)20-10-7-11-21(18-20)28-2/h4-11,18H,3,12-17H2,1-2H3. The number of ether oxygens (including phenoxy) is 2. The first-order chi connectivity index (χ1) is 14.1. The van der Waals surface area contributed by atoms with Crippen LogP contribution < -0.4 is 4.74 Å². The number of likely N-dealkylation sites (tertiary alicyclic amines) is 1. The zero-order valence-corrected chi connectivity index (χ0v) is 17.2. The number of rotatable bonds is 7. The summed E-state index contributed by atoms with van der Waals surface area (Å²) in [7, 11) is 1.59. The van der Waals surface area contributed by atoms with E-state index in [1.54, 1.807) is 19.2 Å². The highest BCUT2D eigenvalue weighted by molar-refractivity contribution is 5.94. The van der Waals surface area contributed by atoms with Gasteiger partial charge in [-0.05, 0) is 56.4 Å². The average molecular weight is 395 g/mol. The Kier molecular flexibility index (Phi) is 6.91. The molecule has 0 unspecified atom stereocenters. The molecule has 29 heavy (non-hydrogen) atoms. The second-order valence-corrected chi connectivity index (χ2v) is 7.51. The van der Waals surface area contributed by atoms with E-state index in [0.29, 0.717) is 43.9 Å². The van der Waals surface area contributed by atoms with Crippen LogP contribution in [0.4, 0.5) is 0 Å². The molecule has 3 rings (SSSR count). The van der Waals surface area contributed by atoms with Gasteiger partial charge in [-0.2, -0.15) is 0 Å². The molecule has 0 saturated carbocycles. The summed E-state index contributed by atoms with van der Waals surface area (Å²) < 4.78 is 10.7. The van der Waals surface area contributed by atoms with Gasteiger partial charge in [-0.1, -0.05) is 36.4 Å². The fourth-order valence-electron chi connectivity index (χ4n) is 3.95. The van der Waals surface area contributed by atoms with Gasteiger partial charge in [0.15, 0.2) is 0 Å². The molecule has 0 aromatic heterocycles. The van der Waals surface area contributed by atoms with Crippen LogP contribution in [-0.2, 0) is 16.0 Å². The highest BCUT2D eigenvalue weighted by atomic mass is 16.5. The van der Waals surface area contributed by atoms with Gasteiger partial charge >= 0.3 is 5.97 Å². The van der Waals surface area contributed by atoms with Crippen molar-refractivity contribution < 1.29 is 19.1 Å². The fourth-order valence-corrected chi connectivity index (χ4v) is 3.95. The molecule has 0 atom stereocenters. The molecular weight excluding hydrogens is 366 g/mol. The number of esters is 1. The van der Waals surface area contributed by atoms with Crippen LogP contribution in [0.3, 0.4) is 0 Å². The van der Waals surface area contributed by atoms with E-state index in [-0.39, 0.29) is 11.9 Å². The van der Waals surface area contributed by atoms with Crippen molar-refractivity contribution in [1.29, 1.82) is 0 Å². The maximum Gasteiger partial charge on any atom is 0.312 e. The Morgan fingerprint density at radius 3 is 2.41 bits per heavy atom. The van der Waals surface area contributed by atoms with Crippen molar-refractivity contribution in [3.05, 3.63) is 65.7 Å². The van der Waals surface area contributed by atoms with Crippen molar-refractivity contribution >= 4 is 11.9 Å². The van der Waals surface area contributed by atoms with E-state index < -0.39 is 5.41 Å². The maximum absolute atomic E-state index is 12.9. The molecule has 2 aromatic rings. The van der Waals surface area contributed by atoms with Crippen molar-refractivity contribution in [3.8, 4) is 5.75 Å². The zero-order chi connectivity index (χ0) is 20.7. The number of hydrogen-bond acceptors (Lipinski definition) is 4. The molecule has 5 nitrogen and oxygen atoms in total. The molecule has 1 fully saturated rings. The minimum atomic E-state index is -0.531. The summed E-state index contributed by atoms with van der Waals surface area (Å²) in [4.78, 5) is 27.6. The van der Waals surface area contributed by atoms with Crippen LogP contribution in [0.15, 0.2) is 54.6 Å². The number of carbonyl (C=O) groups is 2. The lowest BCUT2D eigenvalue weighted by molar-refractivity contribution is -0.158. The number of amides is 1. The maximum atomic E-state index is 12.9. The van der Waals surface area contributed by atoms with Gasteiger partial charge in [0.05, 0.1) is 19.1 Å². The summed E-state index contributed by atoms with van der Waals surface area (Å²) in [6, 6.07) is 17.4. The summed E-state index contributed by atoms with van der Waals surface area (Å²) in [6.45, 7) is 3.30. The largest absolute Gasteiger partial charge is 0.497 e. The van der Waals surface area contributed by atoms with Gasteiger partial charge < -0.3 is 14.4 Å². The topological polar surface area (TPSA) is 55.8 Å². The van der Waals surface area contributed by atoms with Crippen molar-refractivity contribution in [3.63, 3.8) is 0 Å². The monoisotopic (exact) mass is 395 g/mol. The van der Waals surface area contributed by atoms with Crippen molar-refractivity contribution in [2.75, 3.05) is 26.8 Å². The minimum Gasteiger partial charge on any atom is -0.497 e. The summed E-state index contributed by atoms with van der Waals surface area (Å²) in [5, 5.41) is 0. The Morgan fingerprint density at radius 1 is 1.03 bits per heavy atom. The highest BCUT2D eigenvalue weighted by Crippen LogP contribution is 2.38. The van der Waals surface area contributed by atoms with E-state index in [1.807, 2.05) is 42.2 Å². The van der Waals surface area contributed by atoms with Crippen molar-refractivity contribution in [2.24, 2.45) is 5.41 Å². The summed E-state index contributed by atoms with van der Waals surface area (Å²) in [5.74, 6) is 0.505. The first kappa shape index (κ1) is 20.9. The average Bonchev–Trinajstić information content (AvgIpc) is 2.78. The highest BCUT2D eigenvalue weighted by Gasteiger charge is 2.43. The second kappa shape index (κ2) is 9.59. The summed E-state index contributed by atoms with van der Waals surface area (Å²) >= 11 is 0. The Morgan fingerprint density at radius 2 is 1.76 bits per heavy atom. The second-order valence-electron chi connectivity index (χ2n) is 7.51. The first-order valence-corrected chi connectivity index (χ1v) is 10.2. The van der Waals surface area contributed by atoms with Gasteiger partial charge in [0.25, 0.3) is 5.91 Å². The van der Waals surface area contributed by atoms with E-state index in [9.17, 15) is 9.59 Å². The molecule has 1 heterocycles. The molecule has 154 valence electrons. The van der Waals surface area contributed by atoms with E-state index in [4.69, 9.17) is 9.47 Å². The molecule has 0 aliphatic carbocycles. The van der Waals surface area contributed by atoms with Crippen LogP contribution in [0.25, 0.3) is 0 Å². The molecule has 1 saturated heterocycles. The summed E-state index contributed by atoms with van der Waals surface area (Å²) in [5.41, 5.74) is 1.29. The molecular formula is C24H29NO4. The number of piperidine rings is 1. The number of methoxy groups -OCH3 is 1. The molecule has 2 aromatic carbocycles. The van der Waals surface area contributed by atoms with Gasteiger partial charge in [0.2, 0.25) is 0 Å². The summed E-state index contributed by atoms with van der Waals surface area (Å²) in [6.07, 6.45) is 2.79. The van der Waals surface area contributed by atoms with Crippen LogP contribution in [-0.4, -0.2) is 43.6 Å². The smallest absolute Gasteiger partial charge is 0.312 e. The lowest BCUT2D eigenvalue weighted by Gasteiger charge is -2.40. The third kappa shape index (κ3) is 4.97. The van der Waals surface area contributed by atoms with Gasteiger partial charge in [0.1, 0.15) is 5.75 Å². The lowest BCUT2D eigenvalue weighted by Crippen LogP contribution is -2.47. The first-order valence-electron chi connectivity index (χ1n) is 10.2. The van der Waals surface area contributed by atoms with E-state index in [1.165, 1.54) is 5.56 Å². The molecule has 5 heteroatoms. The lowest BCUT2D eigenvalue weighted by atomic mass is 9.74. The van der Waals surface area contributed by atoms with E-state index in [0.717, 1.165) is 12.8 Å². The van der Waals surface area contributed by atoms with Gasteiger partial charge in [0, 0.05) is 18.7 Å². The van der Waals surface area contributed by atoms with Gasteiger partial charge in [-0.15, -0.1) is 0 Å². The number of benzene rings is 2. The quantitative estimate of drug-likeness (QED) is 0.662. The SMILES string of the molecule is CCOC(=O)C1(CCc2ccccc2)CCN(C(=O)c2cccc(OC)c2)CC1. The van der Waals surface area contributed by atoms with Crippen molar-refractivity contribution in [1.82, 2.24) is 4.90 Å². The number of hydrogen-bond donors (Lipinski definition) is 0. The van der Waals surface area contributed by atoms with Crippen molar-refractivity contribution in [2.45, 2.75) is 32.6 Å². The zero-order valence-electron chi connectivity index (χ0n) is 17.2. The molecule has 1 aliphatic heterocycles.